The minimum absolute atomic E-state index is 0.00732. The monoisotopic (exact) mass is 528 g/mol. The maximum absolute atomic E-state index is 13.8. The van der Waals surface area contributed by atoms with E-state index in [0.29, 0.717) is 11.3 Å². The van der Waals surface area contributed by atoms with Gasteiger partial charge in [0.1, 0.15) is 6.61 Å². The molecule has 4 rings (SSSR count). The summed E-state index contributed by atoms with van der Waals surface area (Å²) in [6.45, 7) is 0.541. The third-order valence-electron chi connectivity index (χ3n) is 5.23. The zero-order chi connectivity index (χ0) is 26.3. The highest BCUT2D eigenvalue weighted by molar-refractivity contribution is 7.92. The predicted octanol–water partition coefficient (Wildman–Crippen LogP) is 4.33. The van der Waals surface area contributed by atoms with E-state index in [-0.39, 0.29) is 35.1 Å². The molecule has 0 bridgehead atoms. The zero-order valence-corrected chi connectivity index (χ0v) is 19.2. The summed E-state index contributed by atoms with van der Waals surface area (Å²) in [5, 5.41) is 17.0. The summed E-state index contributed by atoms with van der Waals surface area (Å²) in [6, 6.07) is 11.0. The fourth-order valence-electron chi connectivity index (χ4n) is 3.30. The fraction of sp³-hybridized carbons (Fsp3) is 0.227. The van der Waals surface area contributed by atoms with Gasteiger partial charge in [0.25, 0.3) is 21.7 Å². The van der Waals surface area contributed by atoms with Crippen LogP contribution in [0.1, 0.15) is 16.8 Å². The SMILES string of the molecule is Cc1cc(-c2nc(-c3ccc(S(=O)(=O)C(F)(F)F)cc3)no2)nn1Cc1cccc(C(F)(F)CO)c1. The Morgan fingerprint density at radius 3 is 2.36 bits per heavy atom. The highest BCUT2D eigenvalue weighted by atomic mass is 32.2. The number of aliphatic hydroxyl groups excluding tert-OH is 1. The summed E-state index contributed by atoms with van der Waals surface area (Å²) in [6.07, 6.45) is 0. The molecule has 14 heteroatoms. The molecule has 0 saturated heterocycles. The van der Waals surface area contributed by atoms with Crippen molar-refractivity contribution in [3.8, 4) is 23.0 Å². The van der Waals surface area contributed by atoms with Gasteiger partial charge in [0.2, 0.25) is 5.82 Å². The van der Waals surface area contributed by atoms with Crippen LogP contribution in [0.2, 0.25) is 0 Å². The Bertz CT molecular complexity index is 1500. The normalized spacial score (nSPS) is 12.8. The Labute approximate surface area is 200 Å². The molecule has 36 heavy (non-hydrogen) atoms. The van der Waals surface area contributed by atoms with Crippen LogP contribution in [-0.4, -0.2) is 45.6 Å². The van der Waals surface area contributed by atoms with Gasteiger partial charge in [-0.05, 0) is 48.9 Å². The molecule has 8 nitrogen and oxygen atoms in total. The van der Waals surface area contributed by atoms with Crippen LogP contribution in [0, 0.1) is 6.92 Å². The average molecular weight is 528 g/mol. The Kier molecular flexibility index (Phi) is 6.43. The first kappa shape index (κ1) is 25.4. The lowest BCUT2D eigenvalue weighted by molar-refractivity contribution is -0.0556. The van der Waals surface area contributed by atoms with Crippen LogP contribution in [0.15, 0.2) is 64.0 Å². The number of hydrogen-bond donors (Lipinski definition) is 1. The second kappa shape index (κ2) is 9.09. The number of rotatable bonds is 7. The van der Waals surface area contributed by atoms with Crippen LogP contribution in [0.5, 0.6) is 0 Å². The third kappa shape index (κ3) is 4.86. The van der Waals surface area contributed by atoms with Crippen LogP contribution in [0.25, 0.3) is 23.0 Å². The van der Waals surface area contributed by atoms with Crippen molar-refractivity contribution >= 4 is 9.84 Å². The lowest BCUT2D eigenvalue weighted by Gasteiger charge is -2.14. The van der Waals surface area contributed by atoms with E-state index in [2.05, 4.69) is 15.2 Å². The van der Waals surface area contributed by atoms with Crippen molar-refractivity contribution in [2.75, 3.05) is 6.61 Å². The molecule has 190 valence electrons. The lowest BCUT2D eigenvalue weighted by atomic mass is 10.1. The molecule has 0 atom stereocenters. The number of nitrogens with zero attached hydrogens (tertiary/aromatic N) is 4. The molecule has 0 spiro atoms. The van der Waals surface area contributed by atoms with Gasteiger partial charge in [-0.3, -0.25) is 4.68 Å². The second-order valence-electron chi connectivity index (χ2n) is 7.79. The molecule has 0 aliphatic heterocycles. The summed E-state index contributed by atoms with van der Waals surface area (Å²) in [4.78, 5) is 3.24. The topological polar surface area (TPSA) is 111 Å². The van der Waals surface area contributed by atoms with Crippen LogP contribution in [-0.2, 0) is 22.3 Å². The molecule has 4 aromatic rings. The summed E-state index contributed by atoms with van der Waals surface area (Å²) < 4.78 is 95.5. The molecule has 0 fully saturated rings. The summed E-state index contributed by atoms with van der Waals surface area (Å²) in [5.41, 5.74) is -4.12. The first-order valence-corrected chi connectivity index (χ1v) is 11.7. The first-order valence-electron chi connectivity index (χ1n) is 10.2. The molecule has 2 aromatic heterocycles. The van der Waals surface area contributed by atoms with E-state index in [0.717, 1.165) is 24.3 Å². The fourth-order valence-corrected chi connectivity index (χ4v) is 4.06. The number of sulfone groups is 1. The molecular formula is C22H17F5N4O4S. The molecule has 1 N–H and O–H groups in total. The van der Waals surface area contributed by atoms with E-state index in [1.54, 1.807) is 19.1 Å². The van der Waals surface area contributed by atoms with Gasteiger partial charge >= 0.3 is 5.51 Å². The minimum Gasteiger partial charge on any atom is -0.390 e. The lowest BCUT2D eigenvalue weighted by Crippen LogP contribution is -2.23. The van der Waals surface area contributed by atoms with E-state index in [1.807, 2.05) is 0 Å². The van der Waals surface area contributed by atoms with Gasteiger partial charge in [-0.15, -0.1) is 0 Å². The number of alkyl halides is 5. The van der Waals surface area contributed by atoms with Crippen molar-refractivity contribution < 1.29 is 40.0 Å². The number of halogens is 5. The van der Waals surface area contributed by atoms with Gasteiger partial charge in [0.15, 0.2) is 5.69 Å². The van der Waals surface area contributed by atoms with Gasteiger partial charge < -0.3 is 9.63 Å². The van der Waals surface area contributed by atoms with Crippen molar-refractivity contribution in [1.29, 1.82) is 0 Å². The van der Waals surface area contributed by atoms with Crippen molar-refractivity contribution in [2.24, 2.45) is 0 Å². The molecule has 0 radical (unpaired) electrons. The molecular weight excluding hydrogens is 511 g/mol. The molecule has 0 amide bonds. The maximum Gasteiger partial charge on any atom is 0.501 e. The van der Waals surface area contributed by atoms with Gasteiger partial charge in [0.05, 0.1) is 11.4 Å². The largest absolute Gasteiger partial charge is 0.501 e. The smallest absolute Gasteiger partial charge is 0.390 e. The number of aromatic nitrogens is 4. The van der Waals surface area contributed by atoms with Gasteiger partial charge in [0, 0.05) is 16.8 Å². The van der Waals surface area contributed by atoms with Crippen molar-refractivity contribution in [3.05, 3.63) is 71.4 Å². The highest BCUT2D eigenvalue weighted by Gasteiger charge is 2.46. The molecule has 0 aliphatic carbocycles. The van der Waals surface area contributed by atoms with Crippen molar-refractivity contribution in [1.82, 2.24) is 19.9 Å². The van der Waals surface area contributed by atoms with E-state index in [1.165, 1.54) is 22.9 Å². The quantitative estimate of drug-likeness (QED) is 0.356. The Morgan fingerprint density at radius 2 is 1.72 bits per heavy atom. The van der Waals surface area contributed by atoms with Crippen molar-refractivity contribution in [2.45, 2.75) is 29.8 Å². The number of hydrogen-bond acceptors (Lipinski definition) is 7. The number of aryl methyl sites for hydroxylation is 1. The maximum atomic E-state index is 13.8. The van der Waals surface area contributed by atoms with Crippen LogP contribution < -0.4 is 0 Å². The molecule has 2 aromatic carbocycles. The van der Waals surface area contributed by atoms with E-state index < -0.39 is 32.8 Å². The van der Waals surface area contributed by atoms with Crippen molar-refractivity contribution in [3.63, 3.8) is 0 Å². The molecule has 0 aliphatic rings. The Balaban J connectivity index is 1.55. The van der Waals surface area contributed by atoms with E-state index >= 15 is 0 Å². The number of benzene rings is 2. The summed E-state index contributed by atoms with van der Waals surface area (Å²) >= 11 is 0. The Hall–Kier alpha value is -3.65. The average Bonchev–Trinajstić information content (AvgIpc) is 3.46. The van der Waals surface area contributed by atoms with Gasteiger partial charge in [-0.1, -0.05) is 23.4 Å². The minimum atomic E-state index is -5.48. The van der Waals surface area contributed by atoms with Gasteiger partial charge in [-0.2, -0.15) is 32.0 Å². The summed E-state index contributed by atoms with van der Waals surface area (Å²) in [7, 11) is -5.48. The first-order chi connectivity index (χ1) is 16.8. The van der Waals surface area contributed by atoms with Crippen LogP contribution >= 0.6 is 0 Å². The van der Waals surface area contributed by atoms with Crippen LogP contribution in [0.3, 0.4) is 0 Å². The highest BCUT2D eigenvalue weighted by Crippen LogP contribution is 2.32. The molecule has 0 saturated carbocycles. The third-order valence-corrected chi connectivity index (χ3v) is 6.74. The standard InChI is InChI=1S/C22H17F5N4O4S/c1-13-9-18(29-31(13)11-14-3-2-4-16(10-14)21(23,24)12-32)20-28-19(30-35-20)15-5-7-17(8-6-15)36(33,34)22(25,26)27/h2-10,32H,11-12H2,1H3. The van der Waals surface area contributed by atoms with E-state index in [9.17, 15) is 30.4 Å². The second-order valence-corrected chi connectivity index (χ2v) is 9.73. The summed E-state index contributed by atoms with van der Waals surface area (Å²) in [5.74, 6) is -3.40. The van der Waals surface area contributed by atoms with E-state index in [4.69, 9.17) is 9.63 Å². The van der Waals surface area contributed by atoms with Gasteiger partial charge in [-0.25, -0.2) is 8.42 Å². The molecule has 0 unspecified atom stereocenters. The predicted molar refractivity (Wildman–Crippen MR) is 115 cm³/mol. The van der Waals surface area contributed by atoms with Crippen LogP contribution in [0.4, 0.5) is 22.0 Å². The Morgan fingerprint density at radius 1 is 1.03 bits per heavy atom. The molecule has 2 heterocycles. The number of aliphatic hydroxyl groups is 1. The zero-order valence-electron chi connectivity index (χ0n) is 18.4.